The molecule has 1 atom stereocenters. The number of hydrogen-bond donors (Lipinski definition) is 1. The fraction of sp³-hybridized carbons (Fsp3) is 0.250. The predicted octanol–water partition coefficient (Wildman–Crippen LogP) is 4.72. The lowest BCUT2D eigenvalue weighted by molar-refractivity contribution is 0.0938. The summed E-state index contributed by atoms with van der Waals surface area (Å²) in [6.45, 7) is 2.66. The molecular weight excluding hydrogens is 452 g/mol. The van der Waals surface area contributed by atoms with Crippen LogP contribution in [-0.4, -0.2) is 42.3 Å². The van der Waals surface area contributed by atoms with E-state index in [1.807, 2.05) is 64.7 Å². The molecule has 9 heteroatoms. The van der Waals surface area contributed by atoms with E-state index in [1.54, 1.807) is 11.8 Å². The molecule has 1 aromatic carbocycles. The zero-order valence-electron chi connectivity index (χ0n) is 18.4. The molecule has 7 nitrogen and oxygen atoms in total. The van der Waals surface area contributed by atoms with Crippen molar-refractivity contribution in [2.24, 2.45) is 0 Å². The van der Waals surface area contributed by atoms with Crippen LogP contribution in [0.2, 0.25) is 0 Å². The fourth-order valence-electron chi connectivity index (χ4n) is 3.92. The number of rotatable bonds is 8. The predicted molar refractivity (Wildman–Crippen MR) is 134 cm³/mol. The van der Waals surface area contributed by atoms with Crippen molar-refractivity contribution in [1.29, 1.82) is 0 Å². The average molecular weight is 477 g/mol. The maximum absolute atomic E-state index is 13.3. The number of thioether (sulfide) groups is 1. The number of carbonyl (C=O) groups excluding carboxylic acids is 1. The number of benzene rings is 1. The summed E-state index contributed by atoms with van der Waals surface area (Å²) in [5.41, 5.74) is 2.88. The summed E-state index contributed by atoms with van der Waals surface area (Å²) in [7, 11) is 0. The Kier molecular flexibility index (Phi) is 6.15. The van der Waals surface area contributed by atoms with E-state index >= 15 is 0 Å². The second kappa shape index (κ2) is 9.36. The Morgan fingerprint density at radius 3 is 2.79 bits per heavy atom. The largest absolute Gasteiger partial charge is 0.341 e. The van der Waals surface area contributed by atoms with Crippen LogP contribution in [-0.2, 0) is 6.54 Å². The van der Waals surface area contributed by atoms with Gasteiger partial charge in [-0.25, -0.2) is 0 Å². The van der Waals surface area contributed by atoms with Gasteiger partial charge in [0.15, 0.2) is 11.5 Å². The minimum atomic E-state index is -0.227. The molecule has 0 bridgehead atoms. The molecule has 1 N–H and O–H groups in total. The summed E-state index contributed by atoms with van der Waals surface area (Å²) in [6, 6.07) is 17.7. The first-order chi connectivity index (χ1) is 16.1. The second-order valence-electron chi connectivity index (χ2n) is 7.85. The standard InChI is InChI=1S/C24H24N6OS2/c1-16-18-14-20(33-24(18)30(28-16)15-17-8-4-3-5-9-17)23(31)25-19(11-13-32-2)22-27-26-21-10-6-7-12-29(21)22/h3-10,12,14,19H,11,13,15H2,1-2H3,(H,25,31). The van der Waals surface area contributed by atoms with E-state index in [0.29, 0.717) is 11.4 Å². The van der Waals surface area contributed by atoms with Gasteiger partial charge in [-0.05, 0) is 49.1 Å². The molecule has 4 heterocycles. The number of pyridine rings is 1. The third-order valence-corrected chi connectivity index (χ3v) is 7.37. The average Bonchev–Trinajstić information content (AvgIpc) is 3.53. The van der Waals surface area contributed by atoms with E-state index in [4.69, 9.17) is 5.10 Å². The van der Waals surface area contributed by atoms with Crippen molar-refractivity contribution >= 4 is 44.9 Å². The molecule has 1 amide bonds. The van der Waals surface area contributed by atoms with Crippen LogP contribution < -0.4 is 5.32 Å². The summed E-state index contributed by atoms with van der Waals surface area (Å²) >= 11 is 3.23. The Labute approximate surface area is 199 Å². The number of fused-ring (bicyclic) bond motifs is 2. The minimum absolute atomic E-state index is 0.0966. The number of amides is 1. The third-order valence-electron chi connectivity index (χ3n) is 5.57. The second-order valence-corrected chi connectivity index (χ2v) is 9.87. The van der Waals surface area contributed by atoms with E-state index in [1.165, 1.54) is 16.9 Å². The molecule has 0 aliphatic rings. The highest BCUT2D eigenvalue weighted by molar-refractivity contribution is 7.98. The van der Waals surface area contributed by atoms with Gasteiger partial charge in [0.2, 0.25) is 0 Å². The first kappa shape index (κ1) is 21.7. The van der Waals surface area contributed by atoms with Crippen LogP contribution in [0.4, 0.5) is 0 Å². The summed E-state index contributed by atoms with van der Waals surface area (Å²) in [6.07, 6.45) is 4.77. The molecule has 0 aliphatic carbocycles. The maximum Gasteiger partial charge on any atom is 0.262 e. The Hall–Kier alpha value is -3.17. The van der Waals surface area contributed by atoms with Crippen molar-refractivity contribution in [3.05, 3.63) is 82.8 Å². The Balaban J connectivity index is 1.42. The van der Waals surface area contributed by atoms with Crippen LogP contribution >= 0.6 is 23.1 Å². The van der Waals surface area contributed by atoms with Crippen molar-refractivity contribution in [2.75, 3.05) is 12.0 Å². The van der Waals surface area contributed by atoms with Crippen LogP contribution in [0, 0.1) is 6.92 Å². The van der Waals surface area contributed by atoms with Crippen molar-refractivity contribution < 1.29 is 4.79 Å². The molecule has 1 unspecified atom stereocenters. The number of carbonyl (C=O) groups is 1. The quantitative estimate of drug-likeness (QED) is 0.351. The molecule has 0 spiro atoms. The first-order valence-electron chi connectivity index (χ1n) is 10.7. The van der Waals surface area contributed by atoms with E-state index in [2.05, 4.69) is 33.9 Å². The van der Waals surface area contributed by atoms with Crippen LogP contribution in [0.15, 0.2) is 60.8 Å². The van der Waals surface area contributed by atoms with Gasteiger partial charge in [0.1, 0.15) is 4.83 Å². The minimum Gasteiger partial charge on any atom is -0.341 e. The molecule has 0 radical (unpaired) electrons. The van der Waals surface area contributed by atoms with E-state index < -0.39 is 0 Å². The van der Waals surface area contributed by atoms with Crippen LogP contribution in [0.1, 0.15) is 39.2 Å². The highest BCUT2D eigenvalue weighted by Crippen LogP contribution is 2.29. The number of hydrogen-bond acceptors (Lipinski definition) is 6. The lowest BCUT2D eigenvalue weighted by Crippen LogP contribution is -2.30. The Morgan fingerprint density at radius 1 is 1.15 bits per heavy atom. The molecule has 0 saturated carbocycles. The van der Waals surface area contributed by atoms with Gasteiger partial charge in [-0.1, -0.05) is 36.4 Å². The fourth-order valence-corrected chi connectivity index (χ4v) is 5.45. The number of aromatic nitrogens is 5. The van der Waals surface area contributed by atoms with Gasteiger partial charge in [-0.2, -0.15) is 16.9 Å². The smallest absolute Gasteiger partial charge is 0.262 e. The molecule has 0 fully saturated rings. The van der Waals surface area contributed by atoms with Gasteiger partial charge in [-0.15, -0.1) is 21.5 Å². The van der Waals surface area contributed by atoms with E-state index in [0.717, 1.165) is 39.6 Å². The van der Waals surface area contributed by atoms with Gasteiger partial charge in [-0.3, -0.25) is 13.9 Å². The zero-order valence-corrected chi connectivity index (χ0v) is 20.1. The molecule has 4 aromatic heterocycles. The monoisotopic (exact) mass is 476 g/mol. The van der Waals surface area contributed by atoms with Crippen LogP contribution in [0.5, 0.6) is 0 Å². The number of nitrogens with one attached hydrogen (secondary N) is 1. The Bertz CT molecular complexity index is 1400. The lowest BCUT2D eigenvalue weighted by atomic mass is 10.2. The van der Waals surface area contributed by atoms with E-state index in [-0.39, 0.29) is 11.9 Å². The Morgan fingerprint density at radius 2 is 1.97 bits per heavy atom. The molecule has 33 heavy (non-hydrogen) atoms. The number of aryl methyl sites for hydroxylation is 1. The highest BCUT2D eigenvalue weighted by Gasteiger charge is 2.23. The number of nitrogens with zero attached hydrogens (tertiary/aromatic N) is 5. The molecule has 5 rings (SSSR count). The van der Waals surface area contributed by atoms with Gasteiger partial charge in [0.05, 0.1) is 23.2 Å². The van der Waals surface area contributed by atoms with Crippen molar-refractivity contribution in [2.45, 2.75) is 25.9 Å². The van der Waals surface area contributed by atoms with Gasteiger partial charge in [0.25, 0.3) is 5.91 Å². The molecular formula is C24H24N6OS2. The van der Waals surface area contributed by atoms with Crippen molar-refractivity contribution in [3.63, 3.8) is 0 Å². The molecule has 0 aliphatic heterocycles. The zero-order chi connectivity index (χ0) is 22.8. The van der Waals surface area contributed by atoms with E-state index in [9.17, 15) is 4.79 Å². The SMILES string of the molecule is CSCCC(NC(=O)c1cc2c(C)nn(Cc3ccccc3)c2s1)c1nnc2ccccn12. The topological polar surface area (TPSA) is 77.1 Å². The van der Waals surface area contributed by atoms with Crippen molar-refractivity contribution in [1.82, 2.24) is 29.7 Å². The summed E-state index contributed by atoms with van der Waals surface area (Å²) in [5.74, 6) is 1.56. The van der Waals surface area contributed by atoms with Crippen LogP contribution in [0.25, 0.3) is 15.9 Å². The molecule has 5 aromatic rings. The summed E-state index contributed by atoms with van der Waals surface area (Å²) in [4.78, 5) is 15.0. The molecule has 168 valence electrons. The third kappa shape index (κ3) is 4.38. The van der Waals surface area contributed by atoms with Crippen LogP contribution in [0.3, 0.4) is 0 Å². The lowest BCUT2D eigenvalue weighted by Gasteiger charge is -2.16. The number of thiophene rings is 1. The van der Waals surface area contributed by atoms with Gasteiger partial charge >= 0.3 is 0 Å². The maximum atomic E-state index is 13.3. The molecule has 0 saturated heterocycles. The first-order valence-corrected chi connectivity index (χ1v) is 13.0. The van der Waals surface area contributed by atoms with Gasteiger partial charge in [0, 0.05) is 11.6 Å². The van der Waals surface area contributed by atoms with Crippen molar-refractivity contribution in [3.8, 4) is 0 Å². The highest BCUT2D eigenvalue weighted by atomic mass is 32.2. The summed E-state index contributed by atoms with van der Waals surface area (Å²) in [5, 5.41) is 17.6. The van der Waals surface area contributed by atoms with Gasteiger partial charge < -0.3 is 5.32 Å². The normalized spacial score (nSPS) is 12.4. The summed E-state index contributed by atoms with van der Waals surface area (Å²) < 4.78 is 3.93.